The summed E-state index contributed by atoms with van der Waals surface area (Å²) >= 11 is 0. The molecule has 1 aliphatic heterocycles. The van der Waals surface area contributed by atoms with E-state index in [4.69, 9.17) is 4.74 Å². The van der Waals surface area contributed by atoms with Gasteiger partial charge in [0.05, 0.1) is 18.5 Å². The standard InChI is InChI=1S/C21H25FN6O2/c1-14(13-30-2)24-19-12-23-20-26-18(7-10-28(19)20)16-11-15(5-6-17(16)22)25-21(29)27-8-3-4-9-27/h5-7,10-12,14,24H,3-4,8-9,13H2,1-2H3,(H,25,29). The molecule has 8 nitrogen and oxygen atoms in total. The zero-order chi connectivity index (χ0) is 21.1. The summed E-state index contributed by atoms with van der Waals surface area (Å²) in [5.41, 5.74) is 1.28. The number of aromatic nitrogens is 3. The van der Waals surface area contributed by atoms with Gasteiger partial charge in [-0.2, -0.15) is 0 Å². The number of amides is 2. The van der Waals surface area contributed by atoms with Crippen molar-refractivity contribution < 1.29 is 13.9 Å². The molecule has 1 aliphatic rings. The van der Waals surface area contributed by atoms with E-state index in [0.29, 0.717) is 29.3 Å². The van der Waals surface area contributed by atoms with Crippen molar-refractivity contribution in [2.75, 3.05) is 37.4 Å². The lowest BCUT2D eigenvalue weighted by Crippen LogP contribution is -2.32. The van der Waals surface area contributed by atoms with Crippen molar-refractivity contribution in [1.29, 1.82) is 0 Å². The predicted molar refractivity (Wildman–Crippen MR) is 113 cm³/mol. The molecule has 1 unspecified atom stereocenters. The number of imidazole rings is 1. The Bertz CT molecular complexity index is 1050. The molecule has 4 rings (SSSR count). The van der Waals surface area contributed by atoms with E-state index in [1.165, 1.54) is 6.07 Å². The number of methoxy groups -OCH3 is 1. The molecule has 2 aromatic heterocycles. The van der Waals surface area contributed by atoms with Crippen molar-refractivity contribution in [3.63, 3.8) is 0 Å². The van der Waals surface area contributed by atoms with Crippen LogP contribution in [-0.4, -0.2) is 58.1 Å². The fourth-order valence-corrected chi connectivity index (χ4v) is 3.59. The number of ether oxygens (including phenoxy) is 1. The van der Waals surface area contributed by atoms with Crippen molar-refractivity contribution in [3.05, 3.63) is 42.5 Å². The van der Waals surface area contributed by atoms with E-state index in [1.54, 1.807) is 47.0 Å². The van der Waals surface area contributed by atoms with Crippen LogP contribution < -0.4 is 10.6 Å². The molecule has 3 heterocycles. The maximum Gasteiger partial charge on any atom is 0.321 e. The first-order valence-electron chi connectivity index (χ1n) is 10.0. The van der Waals surface area contributed by atoms with E-state index >= 15 is 0 Å². The SMILES string of the molecule is COCC(C)Nc1cnc2nc(-c3cc(NC(=O)N4CCCC4)ccc3F)ccn12. The molecule has 1 atom stereocenters. The van der Waals surface area contributed by atoms with E-state index in [1.807, 2.05) is 6.92 Å². The summed E-state index contributed by atoms with van der Waals surface area (Å²) in [5.74, 6) is 0.816. The monoisotopic (exact) mass is 412 g/mol. The molecular weight excluding hydrogens is 387 g/mol. The van der Waals surface area contributed by atoms with Crippen LogP contribution in [0.2, 0.25) is 0 Å². The highest BCUT2D eigenvalue weighted by molar-refractivity contribution is 5.90. The first kappa shape index (κ1) is 20.1. The molecule has 1 saturated heterocycles. The number of nitrogens with zero attached hydrogens (tertiary/aromatic N) is 4. The second-order valence-electron chi connectivity index (χ2n) is 7.45. The fourth-order valence-electron chi connectivity index (χ4n) is 3.59. The van der Waals surface area contributed by atoms with Gasteiger partial charge in [-0.25, -0.2) is 19.2 Å². The van der Waals surface area contributed by atoms with Crippen LogP contribution in [0.5, 0.6) is 0 Å². The summed E-state index contributed by atoms with van der Waals surface area (Å²) < 4.78 is 21.5. The van der Waals surface area contributed by atoms with Gasteiger partial charge in [0.15, 0.2) is 0 Å². The highest BCUT2D eigenvalue weighted by Crippen LogP contribution is 2.26. The molecule has 0 aliphatic carbocycles. The van der Waals surface area contributed by atoms with E-state index in [-0.39, 0.29) is 12.1 Å². The average Bonchev–Trinajstić information content (AvgIpc) is 3.40. The third-order valence-corrected chi connectivity index (χ3v) is 5.08. The van der Waals surface area contributed by atoms with Gasteiger partial charge in [-0.05, 0) is 44.0 Å². The first-order valence-corrected chi connectivity index (χ1v) is 10.0. The summed E-state index contributed by atoms with van der Waals surface area (Å²) in [5, 5.41) is 6.15. The summed E-state index contributed by atoms with van der Waals surface area (Å²) in [6.45, 7) is 4.05. The number of hydrogen-bond acceptors (Lipinski definition) is 5. The van der Waals surface area contributed by atoms with Crippen molar-refractivity contribution in [1.82, 2.24) is 19.3 Å². The van der Waals surface area contributed by atoms with Gasteiger partial charge in [0, 0.05) is 43.7 Å². The zero-order valence-corrected chi connectivity index (χ0v) is 17.1. The molecule has 2 amide bonds. The normalized spacial score (nSPS) is 14.8. The van der Waals surface area contributed by atoms with Gasteiger partial charge in [0.1, 0.15) is 11.6 Å². The van der Waals surface area contributed by atoms with Crippen LogP contribution in [-0.2, 0) is 4.74 Å². The van der Waals surface area contributed by atoms with Crippen LogP contribution in [0.4, 0.5) is 20.7 Å². The number of halogens is 1. The van der Waals surface area contributed by atoms with Gasteiger partial charge in [-0.1, -0.05) is 0 Å². The number of nitrogens with one attached hydrogen (secondary N) is 2. The number of rotatable bonds is 6. The molecular formula is C21H25FN6O2. The van der Waals surface area contributed by atoms with Gasteiger partial charge in [-0.15, -0.1) is 0 Å². The Hall–Kier alpha value is -3.20. The Balaban J connectivity index is 1.57. The van der Waals surface area contributed by atoms with Gasteiger partial charge < -0.3 is 20.3 Å². The van der Waals surface area contributed by atoms with Crippen molar-refractivity contribution in [3.8, 4) is 11.3 Å². The lowest BCUT2D eigenvalue weighted by molar-refractivity contribution is 0.190. The maximum atomic E-state index is 14.5. The Kier molecular flexibility index (Phi) is 5.80. The lowest BCUT2D eigenvalue weighted by Gasteiger charge is -2.16. The molecule has 0 radical (unpaired) electrons. The van der Waals surface area contributed by atoms with Gasteiger partial charge >= 0.3 is 6.03 Å². The smallest absolute Gasteiger partial charge is 0.321 e. The van der Waals surface area contributed by atoms with Crippen LogP contribution in [0.1, 0.15) is 19.8 Å². The summed E-state index contributed by atoms with van der Waals surface area (Å²) in [4.78, 5) is 22.9. The first-order chi connectivity index (χ1) is 14.5. The minimum Gasteiger partial charge on any atom is -0.383 e. The number of anilines is 2. The molecule has 3 aromatic rings. The Morgan fingerprint density at radius 1 is 1.30 bits per heavy atom. The Labute approximate surface area is 174 Å². The summed E-state index contributed by atoms with van der Waals surface area (Å²) in [6.07, 6.45) is 5.50. The zero-order valence-electron chi connectivity index (χ0n) is 17.1. The summed E-state index contributed by atoms with van der Waals surface area (Å²) in [7, 11) is 1.65. The van der Waals surface area contributed by atoms with Crippen LogP contribution in [0.25, 0.3) is 17.0 Å². The quantitative estimate of drug-likeness (QED) is 0.646. The van der Waals surface area contributed by atoms with E-state index in [9.17, 15) is 9.18 Å². The number of likely N-dealkylation sites (tertiary alicyclic amines) is 1. The fraction of sp³-hybridized carbons (Fsp3) is 0.381. The highest BCUT2D eigenvalue weighted by Gasteiger charge is 2.19. The second-order valence-corrected chi connectivity index (χ2v) is 7.45. The largest absolute Gasteiger partial charge is 0.383 e. The Morgan fingerprint density at radius 3 is 2.87 bits per heavy atom. The van der Waals surface area contributed by atoms with Crippen molar-refractivity contribution in [2.45, 2.75) is 25.8 Å². The van der Waals surface area contributed by atoms with Crippen molar-refractivity contribution in [2.24, 2.45) is 0 Å². The topological polar surface area (TPSA) is 83.8 Å². The number of carbonyl (C=O) groups is 1. The minimum absolute atomic E-state index is 0.0999. The number of benzene rings is 1. The van der Waals surface area contributed by atoms with Crippen LogP contribution in [0.3, 0.4) is 0 Å². The van der Waals surface area contributed by atoms with Gasteiger partial charge in [0.25, 0.3) is 0 Å². The van der Waals surface area contributed by atoms with Crippen molar-refractivity contribution >= 4 is 23.3 Å². The second kappa shape index (κ2) is 8.66. The van der Waals surface area contributed by atoms with Crippen LogP contribution >= 0.6 is 0 Å². The molecule has 158 valence electrons. The molecule has 30 heavy (non-hydrogen) atoms. The lowest BCUT2D eigenvalue weighted by atomic mass is 10.1. The maximum absolute atomic E-state index is 14.5. The third kappa shape index (κ3) is 4.20. The summed E-state index contributed by atoms with van der Waals surface area (Å²) in [6, 6.07) is 6.16. The number of hydrogen-bond donors (Lipinski definition) is 2. The van der Waals surface area contributed by atoms with Gasteiger partial charge in [0.2, 0.25) is 5.78 Å². The average molecular weight is 412 g/mol. The molecule has 0 saturated carbocycles. The Morgan fingerprint density at radius 2 is 2.10 bits per heavy atom. The van der Waals surface area contributed by atoms with Crippen LogP contribution in [0.15, 0.2) is 36.7 Å². The number of urea groups is 1. The van der Waals surface area contributed by atoms with Crippen LogP contribution in [0, 0.1) is 5.82 Å². The molecule has 2 N–H and O–H groups in total. The molecule has 0 spiro atoms. The number of carbonyl (C=O) groups excluding carboxylic acids is 1. The minimum atomic E-state index is -0.412. The third-order valence-electron chi connectivity index (χ3n) is 5.08. The molecule has 9 heteroatoms. The number of fused-ring (bicyclic) bond motifs is 1. The predicted octanol–water partition coefficient (Wildman–Crippen LogP) is 3.61. The van der Waals surface area contributed by atoms with E-state index < -0.39 is 5.82 Å². The van der Waals surface area contributed by atoms with E-state index in [2.05, 4.69) is 20.6 Å². The molecule has 1 aromatic carbocycles. The van der Waals surface area contributed by atoms with E-state index in [0.717, 1.165) is 31.7 Å². The highest BCUT2D eigenvalue weighted by atomic mass is 19.1. The molecule has 1 fully saturated rings. The van der Waals surface area contributed by atoms with Gasteiger partial charge in [-0.3, -0.25) is 4.40 Å². The molecule has 0 bridgehead atoms.